The van der Waals surface area contributed by atoms with Gasteiger partial charge in [-0.3, -0.25) is 9.59 Å². The predicted molar refractivity (Wildman–Crippen MR) is 74.7 cm³/mol. The third-order valence-corrected chi connectivity index (χ3v) is 3.49. The van der Waals surface area contributed by atoms with Crippen LogP contribution < -0.4 is 4.74 Å². The number of hydrogen-bond acceptors (Lipinski definition) is 5. The van der Waals surface area contributed by atoms with E-state index in [1.54, 1.807) is 27.0 Å². The summed E-state index contributed by atoms with van der Waals surface area (Å²) in [7, 11) is 1.58. The minimum atomic E-state index is -0.254. The summed E-state index contributed by atoms with van der Waals surface area (Å²) in [5.74, 6) is 0.941. The van der Waals surface area contributed by atoms with Crippen molar-refractivity contribution in [3.63, 3.8) is 0 Å². The Hall–Kier alpha value is -1.49. The van der Waals surface area contributed by atoms with Crippen molar-refractivity contribution in [2.75, 3.05) is 19.5 Å². The van der Waals surface area contributed by atoms with E-state index in [2.05, 4.69) is 0 Å². The molecule has 4 nitrogen and oxygen atoms in total. The summed E-state index contributed by atoms with van der Waals surface area (Å²) < 4.78 is 10.1. The van der Waals surface area contributed by atoms with E-state index < -0.39 is 0 Å². The van der Waals surface area contributed by atoms with Crippen LogP contribution in [0.5, 0.6) is 5.75 Å². The van der Waals surface area contributed by atoms with Gasteiger partial charge in [0.05, 0.1) is 30.8 Å². The number of Topliss-reactive ketones (excluding diaryl/α,β-unsaturated/α-hetero) is 1. The molecule has 0 unspecified atom stereocenters. The van der Waals surface area contributed by atoms with Gasteiger partial charge in [0.25, 0.3) is 0 Å². The van der Waals surface area contributed by atoms with Gasteiger partial charge < -0.3 is 9.47 Å². The quantitative estimate of drug-likeness (QED) is 0.568. The van der Waals surface area contributed by atoms with Gasteiger partial charge >= 0.3 is 5.97 Å². The first-order valence-electron chi connectivity index (χ1n) is 6.01. The number of carbonyl (C=O) groups is 2. The Kier molecular flexibility index (Phi) is 6.42. The lowest BCUT2D eigenvalue weighted by Crippen LogP contribution is -2.07. The maximum atomic E-state index is 11.4. The van der Waals surface area contributed by atoms with Gasteiger partial charge in [0.2, 0.25) is 0 Å². The number of ketones is 1. The van der Waals surface area contributed by atoms with Gasteiger partial charge in [-0.1, -0.05) is 6.07 Å². The van der Waals surface area contributed by atoms with Gasteiger partial charge in [-0.2, -0.15) is 0 Å². The molecule has 0 bridgehead atoms. The van der Waals surface area contributed by atoms with Gasteiger partial charge in [-0.15, -0.1) is 11.8 Å². The fourth-order valence-electron chi connectivity index (χ4n) is 1.50. The molecule has 0 atom stereocenters. The van der Waals surface area contributed by atoms with E-state index in [0.717, 1.165) is 10.5 Å². The van der Waals surface area contributed by atoms with Gasteiger partial charge in [0, 0.05) is 0 Å². The van der Waals surface area contributed by atoms with Crippen molar-refractivity contribution in [1.29, 1.82) is 0 Å². The molecule has 0 fully saturated rings. The van der Waals surface area contributed by atoms with Crippen molar-refractivity contribution in [2.45, 2.75) is 25.2 Å². The molecular formula is C14H18O4S. The summed E-state index contributed by atoms with van der Waals surface area (Å²) in [4.78, 5) is 23.3. The highest BCUT2D eigenvalue weighted by Gasteiger charge is 2.09. The van der Waals surface area contributed by atoms with E-state index in [-0.39, 0.29) is 18.2 Å². The molecule has 0 aliphatic carbocycles. The SMILES string of the molecule is CCOC(=O)Cc1ccc(OC)c(SCC(C)=O)c1. The summed E-state index contributed by atoms with van der Waals surface area (Å²) in [6.07, 6.45) is 0.228. The second-order valence-electron chi connectivity index (χ2n) is 3.96. The van der Waals surface area contributed by atoms with Crippen molar-refractivity contribution < 1.29 is 19.1 Å². The molecule has 0 aliphatic rings. The lowest BCUT2D eigenvalue weighted by molar-refractivity contribution is -0.142. The maximum absolute atomic E-state index is 11.4. The number of methoxy groups -OCH3 is 1. The third kappa shape index (κ3) is 5.34. The third-order valence-electron chi connectivity index (χ3n) is 2.31. The number of esters is 1. The zero-order valence-corrected chi connectivity index (χ0v) is 12.2. The monoisotopic (exact) mass is 282 g/mol. The summed E-state index contributed by atoms with van der Waals surface area (Å²) in [5.41, 5.74) is 0.852. The molecule has 0 aromatic heterocycles. The zero-order valence-electron chi connectivity index (χ0n) is 11.4. The first-order valence-corrected chi connectivity index (χ1v) is 7.00. The highest BCUT2D eigenvalue weighted by Crippen LogP contribution is 2.30. The molecule has 5 heteroatoms. The Bertz CT molecular complexity index is 457. The molecule has 104 valence electrons. The Labute approximate surface area is 117 Å². The van der Waals surface area contributed by atoms with E-state index in [0.29, 0.717) is 18.1 Å². The molecule has 1 aromatic carbocycles. The number of rotatable bonds is 7. The van der Waals surface area contributed by atoms with Crippen molar-refractivity contribution in [3.8, 4) is 5.75 Å². The lowest BCUT2D eigenvalue weighted by Gasteiger charge is -2.09. The molecule has 0 saturated carbocycles. The van der Waals surface area contributed by atoms with E-state index in [4.69, 9.17) is 9.47 Å². The van der Waals surface area contributed by atoms with E-state index in [9.17, 15) is 9.59 Å². The zero-order chi connectivity index (χ0) is 14.3. The van der Waals surface area contributed by atoms with Crippen LogP contribution in [-0.2, 0) is 20.7 Å². The number of hydrogen-bond donors (Lipinski definition) is 0. The summed E-state index contributed by atoms with van der Waals surface area (Å²) in [6.45, 7) is 3.70. The molecule has 0 aliphatic heterocycles. The molecule has 0 spiro atoms. The molecule has 0 amide bonds. The van der Waals surface area contributed by atoms with Crippen molar-refractivity contribution in [2.24, 2.45) is 0 Å². The molecule has 1 rings (SSSR count). The molecule has 0 N–H and O–H groups in total. The normalized spacial score (nSPS) is 10.1. The summed E-state index contributed by atoms with van der Waals surface area (Å²) >= 11 is 1.41. The van der Waals surface area contributed by atoms with Crippen molar-refractivity contribution >= 4 is 23.5 Å². The highest BCUT2D eigenvalue weighted by atomic mass is 32.2. The average molecular weight is 282 g/mol. The Morgan fingerprint density at radius 1 is 1.32 bits per heavy atom. The number of carbonyl (C=O) groups excluding carboxylic acids is 2. The maximum Gasteiger partial charge on any atom is 0.310 e. The number of benzene rings is 1. The van der Waals surface area contributed by atoms with Crippen LogP contribution in [0.1, 0.15) is 19.4 Å². The predicted octanol–water partition coefficient (Wildman–Crippen LogP) is 2.48. The van der Waals surface area contributed by atoms with Crippen molar-refractivity contribution in [3.05, 3.63) is 23.8 Å². The standard InChI is InChI=1S/C14H18O4S/c1-4-18-14(16)8-11-5-6-12(17-3)13(7-11)19-9-10(2)15/h5-7H,4,8-9H2,1-3H3. The van der Waals surface area contributed by atoms with Crippen LogP contribution >= 0.6 is 11.8 Å². The van der Waals surface area contributed by atoms with Crippen LogP contribution in [-0.4, -0.2) is 31.2 Å². The second-order valence-corrected chi connectivity index (χ2v) is 4.97. The van der Waals surface area contributed by atoms with Crippen molar-refractivity contribution in [1.82, 2.24) is 0 Å². The molecule has 19 heavy (non-hydrogen) atoms. The Balaban J connectivity index is 2.81. The second kappa shape index (κ2) is 7.84. The molecule has 0 saturated heterocycles. The van der Waals surface area contributed by atoms with Crippen LogP contribution in [0.4, 0.5) is 0 Å². The van der Waals surface area contributed by atoms with Gasteiger partial charge in [0.1, 0.15) is 11.5 Å². The molecule has 0 radical (unpaired) electrons. The highest BCUT2D eigenvalue weighted by molar-refractivity contribution is 8.00. The fraction of sp³-hybridized carbons (Fsp3) is 0.429. The Morgan fingerprint density at radius 3 is 2.63 bits per heavy atom. The molecular weight excluding hydrogens is 264 g/mol. The van der Waals surface area contributed by atoms with Crippen LogP contribution in [0.25, 0.3) is 0 Å². The Morgan fingerprint density at radius 2 is 2.05 bits per heavy atom. The van der Waals surface area contributed by atoms with Gasteiger partial charge in [0.15, 0.2) is 0 Å². The first-order chi connectivity index (χ1) is 9.06. The van der Waals surface area contributed by atoms with E-state index in [1.807, 2.05) is 12.1 Å². The van der Waals surface area contributed by atoms with Crippen LogP contribution in [0.3, 0.4) is 0 Å². The fourth-order valence-corrected chi connectivity index (χ4v) is 2.39. The topological polar surface area (TPSA) is 52.6 Å². The van der Waals surface area contributed by atoms with E-state index >= 15 is 0 Å². The van der Waals surface area contributed by atoms with Gasteiger partial charge in [-0.25, -0.2) is 0 Å². The van der Waals surface area contributed by atoms with Crippen LogP contribution in [0.15, 0.2) is 23.1 Å². The minimum Gasteiger partial charge on any atom is -0.496 e. The smallest absolute Gasteiger partial charge is 0.310 e. The lowest BCUT2D eigenvalue weighted by atomic mass is 10.1. The van der Waals surface area contributed by atoms with E-state index in [1.165, 1.54) is 11.8 Å². The van der Waals surface area contributed by atoms with Gasteiger partial charge in [-0.05, 0) is 31.5 Å². The molecule has 1 aromatic rings. The van der Waals surface area contributed by atoms with Crippen LogP contribution in [0, 0.1) is 0 Å². The summed E-state index contributed by atoms with van der Waals surface area (Å²) in [6, 6.07) is 5.49. The van der Waals surface area contributed by atoms with Crippen LogP contribution in [0.2, 0.25) is 0 Å². The summed E-state index contributed by atoms with van der Waals surface area (Å²) in [5, 5.41) is 0. The minimum absolute atomic E-state index is 0.0999. The average Bonchev–Trinajstić information content (AvgIpc) is 2.36. The largest absolute Gasteiger partial charge is 0.496 e. The number of thioether (sulfide) groups is 1. The number of ether oxygens (including phenoxy) is 2. The molecule has 0 heterocycles. The first kappa shape index (κ1) is 15.6.